The van der Waals surface area contributed by atoms with Crippen LogP contribution in [0.15, 0.2) is 30.5 Å². The summed E-state index contributed by atoms with van der Waals surface area (Å²) in [4.78, 5) is 0. The molecule has 0 aliphatic heterocycles. The van der Waals surface area contributed by atoms with Gasteiger partial charge in [-0.15, -0.1) is 15.3 Å². The van der Waals surface area contributed by atoms with Crippen molar-refractivity contribution in [2.75, 3.05) is 11.9 Å². The van der Waals surface area contributed by atoms with E-state index in [0.29, 0.717) is 18.9 Å². The van der Waals surface area contributed by atoms with E-state index >= 15 is 0 Å². The Balaban J connectivity index is 1.66. The SMILES string of the molecule is OCCn1cc(CNc2cccc(-c3nn[nH]n3)c2)nn1. The summed E-state index contributed by atoms with van der Waals surface area (Å²) >= 11 is 0. The molecule has 3 rings (SSSR count). The minimum atomic E-state index is 0.0446. The summed E-state index contributed by atoms with van der Waals surface area (Å²) in [6.07, 6.45) is 1.80. The van der Waals surface area contributed by atoms with E-state index < -0.39 is 0 Å². The molecule has 9 nitrogen and oxygen atoms in total. The zero-order chi connectivity index (χ0) is 14.5. The molecule has 2 aromatic heterocycles. The minimum Gasteiger partial charge on any atom is -0.394 e. The highest BCUT2D eigenvalue weighted by Gasteiger charge is 2.04. The van der Waals surface area contributed by atoms with Gasteiger partial charge >= 0.3 is 0 Å². The molecule has 0 amide bonds. The van der Waals surface area contributed by atoms with Gasteiger partial charge in [0.25, 0.3) is 0 Å². The van der Waals surface area contributed by atoms with Gasteiger partial charge in [0.1, 0.15) is 5.69 Å². The lowest BCUT2D eigenvalue weighted by Crippen LogP contribution is -2.02. The molecule has 0 radical (unpaired) electrons. The third-order valence-electron chi connectivity index (χ3n) is 2.85. The van der Waals surface area contributed by atoms with E-state index in [2.05, 4.69) is 36.3 Å². The molecule has 9 heteroatoms. The highest BCUT2D eigenvalue weighted by atomic mass is 16.3. The molecule has 2 heterocycles. The van der Waals surface area contributed by atoms with E-state index in [0.717, 1.165) is 16.9 Å². The molecule has 3 aromatic rings. The summed E-state index contributed by atoms with van der Waals surface area (Å²) < 4.78 is 1.60. The number of nitrogens with zero attached hydrogens (tertiary/aromatic N) is 6. The summed E-state index contributed by atoms with van der Waals surface area (Å²) in [5.74, 6) is 0.549. The highest BCUT2D eigenvalue weighted by Crippen LogP contribution is 2.18. The molecule has 0 saturated heterocycles. The van der Waals surface area contributed by atoms with Crippen molar-refractivity contribution in [1.29, 1.82) is 0 Å². The minimum absolute atomic E-state index is 0.0446. The molecule has 0 unspecified atom stereocenters. The summed E-state index contributed by atoms with van der Waals surface area (Å²) in [5.41, 5.74) is 2.60. The van der Waals surface area contributed by atoms with Crippen LogP contribution >= 0.6 is 0 Å². The van der Waals surface area contributed by atoms with E-state index in [1.807, 2.05) is 24.3 Å². The first-order valence-corrected chi connectivity index (χ1v) is 6.43. The van der Waals surface area contributed by atoms with Crippen molar-refractivity contribution in [2.24, 2.45) is 0 Å². The fraction of sp³-hybridized carbons (Fsp3) is 0.250. The first kappa shape index (κ1) is 13.2. The molecule has 0 atom stereocenters. The van der Waals surface area contributed by atoms with E-state index in [1.54, 1.807) is 10.9 Å². The van der Waals surface area contributed by atoms with Gasteiger partial charge in [-0.2, -0.15) is 5.21 Å². The van der Waals surface area contributed by atoms with Gasteiger partial charge in [-0.05, 0) is 17.3 Å². The molecule has 0 aliphatic carbocycles. The maximum absolute atomic E-state index is 8.83. The number of aliphatic hydroxyl groups is 1. The number of aliphatic hydroxyl groups excluding tert-OH is 1. The Morgan fingerprint density at radius 1 is 1.29 bits per heavy atom. The zero-order valence-corrected chi connectivity index (χ0v) is 11.1. The number of hydrogen-bond donors (Lipinski definition) is 3. The molecule has 0 aliphatic rings. The largest absolute Gasteiger partial charge is 0.394 e. The first-order valence-electron chi connectivity index (χ1n) is 6.43. The number of benzene rings is 1. The third kappa shape index (κ3) is 3.20. The van der Waals surface area contributed by atoms with Gasteiger partial charge in [-0.3, -0.25) is 0 Å². The number of aromatic amines is 1. The molecule has 3 N–H and O–H groups in total. The number of rotatable bonds is 6. The summed E-state index contributed by atoms with van der Waals surface area (Å²) in [6.45, 7) is 1.03. The molecule has 0 spiro atoms. The van der Waals surface area contributed by atoms with Crippen molar-refractivity contribution in [2.45, 2.75) is 13.1 Å². The highest BCUT2D eigenvalue weighted by molar-refractivity contribution is 5.61. The van der Waals surface area contributed by atoms with E-state index in [9.17, 15) is 0 Å². The Kier molecular flexibility index (Phi) is 3.83. The molecular weight excluding hydrogens is 272 g/mol. The van der Waals surface area contributed by atoms with E-state index in [1.165, 1.54) is 0 Å². The second-order valence-electron chi connectivity index (χ2n) is 4.37. The van der Waals surface area contributed by atoms with Crippen molar-refractivity contribution < 1.29 is 5.11 Å². The van der Waals surface area contributed by atoms with Crippen LogP contribution in [-0.4, -0.2) is 47.3 Å². The monoisotopic (exact) mass is 286 g/mol. The van der Waals surface area contributed by atoms with Gasteiger partial charge in [-0.25, -0.2) is 4.68 Å². The number of nitrogens with one attached hydrogen (secondary N) is 2. The number of tetrazole rings is 1. The summed E-state index contributed by atoms with van der Waals surface area (Å²) in [5, 5.41) is 33.9. The van der Waals surface area contributed by atoms with Crippen molar-refractivity contribution >= 4 is 5.69 Å². The average Bonchev–Trinajstić information content (AvgIpc) is 3.18. The Hall–Kier alpha value is -2.81. The van der Waals surface area contributed by atoms with Crippen molar-refractivity contribution in [1.82, 2.24) is 35.6 Å². The lowest BCUT2D eigenvalue weighted by atomic mass is 10.2. The smallest absolute Gasteiger partial charge is 0.204 e. The molecule has 108 valence electrons. The van der Waals surface area contributed by atoms with Gasteiger partial charge in [0, 0.05) is 11.3 Å². The Bertz CT molecular complexity index is 693. The predicted molar refractivity (Wildman–Crippen MR) is 74.0 cm³/mol. The van der Waals surface area contributed by atoms with Crippen LogP contribution in [0.2, 0.25) is 0 Å². The lowest BCUT2D eigenvalue weighted by molar-refractivity contribution is 0.268. The second-order valence-corrected chi connectivity index (χ2v) is 4.37. The van der Waals surface area contributed by atoms with Crippen LogP contribution < -0.4 is 5.32 Å². The maximum atomic E-state index is 8.83. The molecule has 21 heavy (non-hydrogen) atoms. The van der Waals surface area contributed by atoms with E-state index in [-0.39, 0.29) is 6.61 Å². The number of H-pyrrole nitrogens is 1. The number of anilines is 1. The van der Waals surface area contributed by atoms with Crippen molar-refractivity contribution in [3.8, 4) is 11.4 Å². The Labute approximate surface area is 120 Å². The Morgan fingerprint density at radius 3 is 3.05 bits per heavy atom. The van der Waals surface area contributed by atoms with Crippen LogP contribution in [0.1, 0.15) is 5.69 Å². The van der Waals surface area contributed by atoms with Gasteiger partial charge in [-0.1, -0.05) is 17.3 Å². The summed E-state index contributed by atoms with van der Waals surface area (Å²) in [6, 6.07) is 7.70. The second kappa shape index (κ2) is 6.09. The first-order chi connectivity index (χ1) is 10.3. The maximum Gasteiger partial charge on any atom is 0.204 e. The quantitative estimate of drug-likeness (QED) is 0.586. The topological polar surface area (TPSA) is 117 Å². The van der Waals surface area contributed by atoms with Gasteiger partial charge in [0.2, 0.25) is 5.82 Å². The molecule has 1 aromatic carbocycles. The average molecular weight is 286 g/mol. The van der Waals surface area contributed by atoms with Crippen LogP contribution in [-0.2, 0) is 13.1 Å². The normalized spacial score (nSPS) is 10.7. The number of aromatic nitrogens is 7. The molecule has 0 bridgehead atoms. The van der Waals surface area contributed by atoms with Crippen LogP contribution in [0.5, 0.6) is 0 Å². The zero-order valence-electron chi connectivity index (χ0n) is 11.1. The molecule has 0 saturated carbocycles. The van der Waals surface area contributed by atoms with Gasteiger partial charge < -0.3 is 10.4 Å². The van der Waals surface area contributed by atoms with E-state index in [4.69, 9.17) is 5.11 Å². The van der Waals surface area contributed by atoms with Crippen LogP contribution in [0.3, 0.4) is 0 Å². The fourth-order valence-electron chi connectivity index (χ4n) is 1.88. The Morgan fingerprint density at radius 2 is 2.24 bits per heavy atom. The summed E-state index contributed by atoms with van der Waals surface area (Å²) in [7, 11) is 0. The van der Waals surface area contributed by atoms with Crippen molar-refractivity contribution in [3.63, 3.8) is 0 Å². The fourth-order valence-corrected chi connectivity index (χ4v) is 1.88. The van der Waals surface area contributed by atoms with Crippen LogP contribution in [0.25, 0.3) is 11.4 Å². The predicted octanol–water partition coefficient (Wildman–Crippen LogP) is 0.0626. The standard InChI is InChI=1S/C12H14N8O/c21-5-4-20-8-11(14-19-20)7-13-10-3-1-2-9(6-10)12-15-17-18-16-12/h1-3,6,8,13,21H,4-5,7H2,(H,15,16,17,18). The van der Waals surface area contributed by atoms with Gasteiger partial charge in [0.05, 0.1) is 25.9 Å². The number of hydrogen-bond acceptors (Lipinski definition) is 7. The molecule has 0 fully saturated rings. The molecular formula is C12H14N8O. The van der Waals surface area contributed by atoms with Crippen molar-refractivity contribution in [3.05, 3.63) is 36.2 Å². The lowest BCUT2D eigenvalue weighted by Gasteiger charge is -2.05. The van der Waals surface area contributed by atoms with Crippen LogP contribution in [0.4, 0.5) is 5.69 Å². The van der Waals surface area contributed by atoms with Gasteiger partial charge in [0.15, 0.2) is 0 Å². The van der Waals surface area contributed by atoms with Crippen LogP contribution in [0, 0.1) is 0 Å². The third-order valence-corrected chi connectivity index (χ3v) is 2.85.